The van der Waals surface area contributed by atoms with Gasteiger partial charge in [-0.25, -0.2) is 8.42 Å². The fourth-order valence-electron chi connectivity index (χ4n) is 3.08. The van der Waals surface area contributed by atoms with E-state index < -0.39 is 33.6 Å². The number of halogens is 3. The van der Waals surface area contributed by atoms with Gasteiger partial charge in [0.2, 0.25) is 10.0 Å². The van der Waals surface area contributed by atoms with Crippen molar-refractivity contribution in [1.82, 2.24) is 14.6 Å². The van der Waals surface area contributed by atoms with E-state index in [9.17, 15) is 21.6 Å². The number of pyridine rings is 1. The Hall–Kier alpha value is -1.97. The Kier molecular flexibility index (Phi) is 5.31. The summed E-state index contributed by atoms with van der Waals surface area (Å²) in [6.45, 7) is 1.01. The Bertz CT molecular complexity index is 857. The third-order valence-corrected chi connectivity index (χ3v) is 6.11. The zero-order valence-electron chi connectivity index (χ0n) is 13.8. The quantitative estimate of drug-likeness (QED) is 0.879. The van der Waals surface area contributed by atoms with Crippen LogP contribution >= 0.6 is 0 Å². The van der Waals surface area contributed by atoms with Gasteiger partial charge in [-0.3, -0.25) is 4.98 Å². The van der Waals surface area contributed by atoms with Crippen LogP contribution in [0.2, 0.25) is 0 Å². The monoisotopic (exact) mass is 385 g/mol. The van der Waals surface area contributed by atoms with E-state index in [1.54, 1.807) is 24.5 Å². The Morgan fingerprint density at radius 2 is 1.96 bits per heavy atom. The highest BCUT2D eigenvalue weighted by Gasteiger charge is 2.37. The predicted molar refractivity (Wildman–Crippen MR) is 90.6 cm³/mol. The lowest BCUT2D eigenvalue weighted by molar-refractivity contribution is -0.138. The minimum absolute atomic E-state index is 0.191. The second-order valence-electron chi connectivity index (χ2n) is 6.03. The van der Waals surface area contributed by atoms with E-state index in [2.05, 4.69) is 10.3 Å². The number of benzene rings is 1. The van der Waals surface area contributed by atoms with Gasteiger partial charge in [0, 0.05) is 32.0 Å². The van der Waals surface area contributed by atoms with Gasteiger partial charge in [-0.05, 0) is 23.3 Å². The van der Waals surface area contributed by atoms with E-state index >= 15 is 0 Å². The number of sulfonamides is 1. The van der Waals surface area contributed by atoms with Gasteiger partial charge >= 0.3 is 6.18 Å². The summed E-state index contributed by atoms with van der Waals surface area (Å²) in [4.78, 5) is 4.01. The predicted octanol–water partition coefficient (Wildman–Crippen LogP) is 2.58. The largest absolute Gasteiger partial charge is 0.416 e. The smallest absolute Gasteiger partial charge is 0.313 e. The van der Waals surface area contributed by atoms with Crippen LogP contribution in [-0.2, 0) is 22.0 Å². The summed E-state index contributed by atoms with van der Waals surface area (Å²) in [6.07, 6.45) is -1.44. The van der Waals surface area contributed by atoms with Crippen molar-refractivity contribution in [2.24, 2.45) is 0 Å². The molecule has 1 N–H and O–H groups in total. The van der Waals surface area contributed by atoms with Crippen LogP contribution in [0, 0.1) is 0 Å². The molecule has 1 saturated heterocycles. The molecule has 5 nitrogen and oxygen atoms in total. The molecule has 140 valence electrons. The van der Waals surface area contributed by atoms with Gasteiger partial charge in [-0.1, -0.05) is 24.3 Å². The maximum atomic E-state index is 13.2. The number of piperazine rings is 1. The molecule has 0 spiro atoms. The Labute approximate surface area is 149 Å². The molecule has 0 radical (unpaired) electrons. The molecule has 0 saturated carbocycles. The SMILES string of the molecule is O=S(=O)(Cc1ccccc1C(F)(F)F)N1CCNCC1c1cccnc1. The molecule has 1 atom stereocenters. The van der Waals surface area contributed by atoms with E-state index in [0.717, 1.165) is 6.07 Å². The molecule has 1 unspecified atom stereocenters. The maximum Gasteiger partial charge on any atom is 0.416 e. The molecule has 0 aliphatic carbocycles. The molecule has 3 rings (SSSR count). The molecule has 1 aliphatic rings. The highest BCUT2D eigenvalue weighted by atomic mass is 32.2. The van der Waals surface area contributed by atoms with Crippen LogP contribution in [0.25, 0.3) is 0 Å². The van der Waals surface area contributed by atoms with Crippen LogP contribution in [0.15, 0.2) is 48.8 Å². The minimum atomic E-state index is -4.60. The van der Waals surface area contributed by atoms with Gasteiger partial charge in [-0.15, -0.1) is 0 Å². The van der Waals surface area contributed by atoms with Gasteiger partial charge < -0.3 is 5.32 Å². The van der Waals surface area contributed by atoms with Crippen molar-refractivity contribution < 1.29 is 21.6 Å². The zero-order chi connectivity index (χ0) is 18.8. The van der Waals surface area contributed by atoms with Crippen molar-refractivity contribution in [3.63, 3.8) is 0 Å². The number of aromatic nitrogens is 1. The van der Waals surface area contributed by atoms with Crippen molar-refractivity contribution in [1.29, 1.82) is 0 Å². The maximum absolute atomic E-state index is 13.2. The van der Waals surface area contributed by atoms with E-state index in [1.807, 2.05) is 0 Å². The Balaban J connectivity index is 1.92. The first-order valence-corrected chi connectivity index (χ1v) is 9.65. The number of rotatable bonds is 4. The van der Waals surface area contributed by atoms with Gasteiger partial charge in [0.15, 0.2) is 0 Å². The van der Waals surface area contributed by atoms with Crippen LogP contribution in [0.4, 0.5) is 13.2 Å². The lowest BCUT2D eigenvalue weighted by Crippen LogP contribution is -2.49. The van der Waals surface area contributed by atoms with Gasteiger partial charge in [0.1, 0.15) is 0 Å². The number of hydrogen-bond acceptors (Lipinski definition) is 4. The molecule has 9 heteroatoms. The standard InChI is InChI=1S/C17H18F3N3O2S/c18-17(19,20)15-6-2-1-4-14(15)12-26(24,25)23-9-8-22-11-16(23)13-5-3-7-21-10-13/h1-7,10,16,22H,8-9,11-12H2. The summed E-state index contributed by atoms with van der Waals surface area (Å²) in [5.74, 6) is -0.695. The average molecular weight is 385 g/mol. The first-order valence-electron chi connectivity index (χ1n) is 8.04. The van der Waals surface area contributed by atoms with Crippen molar-refractivity contribution in [2.75, 3.05) is 19.6 Å². The fraction of sp³-hybridized carbons (Fsp3) is 0.353. The first kappa shape index (κ1) is 18.8. The van der Waals surface area contributed by atoms with Crippen LogP contribution in [-0.4, -0.2) is 37.3 Å². The average Bonchev–Trinajstić information content (AvgIpc) is 2.62. The highest BCUT2D eigenvalue weighted by molar-refractivity contribution is 7.88. The summed E-state index contributed by atoms with van der Waals surface area (Å²) >= 11 is 0. The molecule has 0 bridgehead atoms. The van der Waals surface area contributed by atoms with Crippen LogP contribution in [0.5, 0.6) is 0 Å². The molecule has 1 aliphatic heterocycles. The molecule has 2 aromatic rings. The molecule has 1 aromatic heterocycles. The van der Waals surface area contributed by atoms with Gasteiger partial charge in [0.25, 0.3) is 0 Å². The van der Waals surface area contributed by atoms with Crippen molar-refractivity contribution in [3.05, 3.63) is 65.5 Å². The zero-order valence-corrected chi connectivity index (χ0v) is 14.6. The summed E-state index contributed by atoms with van der Waals surface area (Å²) in [7, 11) is -3.95. The van der Waals surface area contributed by atoms with Crippen LogP contribution in [0.3, 0.4) is 0 Å². The lowest BCUT2D eigenvalue weighted by atomic mass is 10.1. The summed E-state index contributed by atoms with van der Waals surface area (Å²) in [5, 5.41) is 3.12. The van der Waals surface area contributed by atoms with Crippen molar-refractivity contribution >= 4 is 10.0 Å². The molecule has 26 heavy (non-hydrogen) atoms. The van der Waals surface area contributed by atoms with E-state index in [4.69, 9.17) is 0 Å². The lowest BCUT2D eigenvalue weighted by Gasteiger charge is -2.35. The van der Waals surface area contributed by atoms with E-state index in [0.29, 0.717) is 18.7 Å². The highest BCUT2D eigenvalue weighted by Crippen LogP contribution is 2.34. The summed E-state index contributed by atoms with van der Waals surface area (Å²) in [6, 6.07) is 7.74. The third-order valence-electron chi connectivity index (χ3n) is 4.28. The summed E-state index contributed by atoms with van der Waals surface area (Å²) < 4.78 is 66.7. The molecular formula is C17H18F3N3O2S. The number of nitrogens with one attached hydrogen (secondary N) is 1. The van der Waals surface area contributed by atoms with Crippen LogP contribution in [0.1, 0.15) is 22.7 Å². The normalized spacial score (nSPS) is 19.4. The van der Waals surface area contributed by atoms with Crippen molar-refractivity contribution in [3.8, 4) is 0 Å². The molecule has 0 amide bonds. The number of nitrogens with zero attached hydrogens (tertiary/aromatic N) is 2. The first-order chi connectivity index (χ1) is 12.3. The van der Waals surface area contributed by atoms with E-state index in [1.165, 1.54) is 22.5 Å². The Morgan fingerprint density at radius 3 is 2.65 bits per heavy atom. The molecule has 1 fully saturated rings. The second kappa shape index (κ2) is 7.34. The topological polar surface area (TPSA) is 62.3 Å². The molecule has 1 aromatic carbocycles. The number of alkyl halides is 3. The molecular weight excluding hydrogens is 367 g/mol. The third kappa shape index (κ3) is 4.05. The fourth-order valence-corrected chi connectivity index (χ4v) is 4.84. The Morgan fingerprint density at radius 1 is 1.19 bits per heavy atom. The van der Waals surface area contributed by atoms with Crippen molar-refractivity contribution in [2.45, 2.75) is 18.0 Å². The van der Waals surface area contributed by atoms with Gasteiger partial charge in [0.05, 0.1) is 17.4 Å². The minimum Gasteiger partial charge on any atom is -0.313 e. The second-order valence-corrected chi connectivity index (χ2v) is 7.95. The number of hydrogen-bond donors (Lipinski definition) is 1. The molecule has 2 heterocycles. The van der Waals surface area contributed by atoms with Crippen LogP contribution < -0.4 is 5.32 Å². The van der Waals surface area contributed by atoms with Gasteiger partial charge in [-0.2, -0.15) is 17.5 Å². The van der Waals surface area contributed by atoms with E-state index in [-0.39, 0.29) is 12.1 Å². The summed E-state index contributed by atoms with van der Waals surface area (Å²) in [5.41, 5.74) is -0.465.